The van der Waals surface area contributed by atoms with Gasteiger partial charge in [-0.15, -0.1) is 0 Å². The number of aromatic amines is 1. The third kappa shape index (κ3) is 4.53. The number of rotatable bonds is 6. The first-order chi connectivity index (χ1) is 7.95. The Morgan fingerprint density at radius 3 is 2.71 bits per heavy atom. The van der Waals surface area contributed by atoms with Gasteiger partial charge >= 0.3 is 0 Å². The number of hydrogen-bond acceptors (Lipinski definition) is 4. The molecule has 0 radical (unpaired) electrons. The zero-order valence-electron chi connectivity index (χ0n) is 9.76. The molecule has 1 aromatic rings. The average Bonchev–Trinajstić information content (AvgIpc) is 2.28. The molecule has 0 amide bonds. The normalized spacial score (nSPS) is 13.5. The van der Waals surface area contributed by atoms with Gasteiger partial charge in [-0.1, -0.05) is 6.92 Å². The van der Waals surface area contributed by atoms with Crippen molar-refractivity contribution in [3.8, 4) is 0 Å². The Morgan fingerprint density at radius 2 is 2.18 bits per heavy atom. The van der Waals surface area contributed by atoms with Gasteiger partial charge in [0.05, 0.1) is 4.90 Å². The maximum Gasteiger partial charge on any atom is 0.247 e. The highest BCUT2D eigenvalue weighted by Gasteiger charge is 2.14. The van der Waals surface area contributed by atoms with E-state index in [0.717, 1.165) is 5.75 Å². The molecule has 0 saturated carbocycles. The van der Waals surface area contributed by atoms with Gasteiger partial charge in [-0.2, -0.15) is 11.8 Å². The molecule has 7 heteroatoms. The van der Waals surface area contributed by atoms with E-state index in [1.807, 2.05) is 13.2 Å². The van der Waals surface area contributed by atoms with Crippen molar-refractivity contribution in [2.45, 2.75) is 11.8 Å². The van der Waals surface area contributed by atoms with Crippen LogP contribution in [0.25, 0.3) is 0 Å². The van der Waals surface area contributed by atoms with Gasteiger partial charge in [0.2, 0.25) is 15.6 Å². The van der Waals surface area contributed by atoms with Crippen LogP contribution < -0.4 is 10.3 Å². The van der Waals surface area contributed by atoms with E-state index in [9.17, 15) is 13.2 Å². The van der Waals surface area contributed by atoms with Crippen molar-refractivity contribution < 1.29 is 8.42 Å². The summed E-state index contributed by atoms with van der Waals surface area (Å²) in [5.41, 5.74) is -0.320. The van der Waals surface area contributed by atoms with Gasteiger partial charge < -0.3 is 4.98 Å². The fourth-order valence-corrected chi connectivity index (χ4v) is 3.06. The molecule has 1 rings (SSSR count). The number of sulfonamides is 1. The SMILES string of the molecule is CSCC(C)CNS(=O)(=O)c1ccc(=O)[nH]c1. The zero-order valence-corrected chi connectivity index (χ0v) is 11.4. The quantitative estimate of drug-likeness (QED) is 0.799. The highest BCUT2D eigenvalue weighted by Crippen LogP contribution is 2.07. The molecule has 2 N–H and O–H groups in total. The summed E-state index contributed by atoms with van der Waals surface area (Å²) in [6.07, 6.45) is 3.18. The lowest BCUT2D eigenvalue weighted by molar-refractivity contribution is 0.562. The molecule has 0 aliphatic heterocycles. The van der Waals surface area contributed by atoms with Gasteiger partial charge in [-0.05, 0) is 24.0 Å². The molecule has 1 atom stereocenters. The first-order valence-corrected chi connectivity index (χ1v) is 8.01. The highest BCUT2D eigenvalue weighted by atomic mass is 32.2. The van der Waals surface area contributed by atoms with Crippen LogP contribution in [0.2, 0.25) is 0 Å². The summed E-state index contributed by atoms with van der Waals surface area (Å²) in [5.74, 6) is 1.16. The Balaban J connectivity index is 2.69. The standard InChI is InChI=1S/C10H16N2O3S2/c1-8(7-16-2)5-12-17(14,15)9-3-4-10(13)11-6-9/h3-4,6,8,12H,5,7H2,1-2H3,(H,11,13). The van der Waals surface area contributed by atoms with Crippen LogP contribution in [0.5, 0.6) is 0 Å². The van der Waals surface area contributed by atoms with Gasteiger partial charge in [-0.25, -0.2) is 13.1 Å². The predicted octanol–water partition coefficient (Wildman–Crippen LogP) is 0.652. The van der Waals surface area contributed by atoms with E-state index in [0.29, 0.717) is 6.54 Å². The molecule has 1 aromatic heterocycles. The number of H-pyrrole nitrogens is 1. The average molecular weight is 276 g/mol. The third-order valence-electron chi connectivity index (χ3n) is 2.14. The number of aromatic nitrogens is 1. The second-order valence-electron chi connectivity index (χ2n) is 3.80. The Morgan fingerprint density at radius 1 is 1.47 bits per heavy atom. The van der Waals surface area contributed by atoms with E-state index < -0.39 is 10.0 Å². The molecule has 5 nitrogen and oxygen atoms in total. The molecule has 0 aromatic carbocycles. The van der Waals surface area contributed by atoms with Crippen molar-refractivity contribution >= 4 is 21.8 Å². The molecule has 0 bridgehead atoms. The van der Waals surface area contributed by atoms with E-state index in [2.05, 4.69) is 9.71 Å². The summed E-state index contributed by atoms with van der Waals surface area (Å²) in [6, 6.07) is 2.49. The number of thioether (sulfide) groups is 1. The van der Waals surface area contributed by atoms with E-state index >= 15 is 0 Å². The topological polar surface area (TPSA) is 79.0 Å². The van der Waals surface area contributed by atoms with Crippen LogP contribution in [0.4, 0.5) is 0 Å². The third-order valence-corrected chi connectivity index (χ3v) is 4.46. The van der Waals surface area contributed by atoms with Crippen molar-refractivity contribution in [2.75, 3.05) is 18.6 Å². The molecular weight excluding hydrogens is 260 g/mol. The van der Waals surface area contributed by atoms with Crippen molar-refractivity contribution in [1.82, 2.24) is 9.71 Å². The van der Waals surface area contributed by atoms with Crippen LogP contribution in [0, 0.1) is 5.92 Å². The first kappa shape index (κ1) is 14.3. The fourth-order valence-electron chi connectivity index (χ4n) is 1.24. The summed E-state index contributed by atoms with van der Waals surface area (Å²) in [4.78, 5) is 13.2. The van der Waals surface area contributed by atoms with Crippen LogP contribution >= 0.6 is 11.8 Å². The van der Waals surface area contributed by atoms with Crippen molar-refractivity contribution in [3.05, 3.63) is 28.7 Å². The molecule has 96 valence electrons. The van der Waals surface area contributed by atoms with Crippen LogP contribution in [-0.2, 0) is 10.0 Å². The lowest BCUT2D eigenvalue weighted by Gasteiger charge is -2.11. The summed E-state index contributed by atoms with van der Waals surface area (Å²) in [7, 11) is -3.52. The number of hydrogen-bond donors (Lipinski definition) is 2. The van der Waals surface area contributed by atoms with Crippen LogP contribution in [0.1, 0.15) is 6.92 Å². The van der Waals surface area contributed by atoms with Gasteiger partial charge in [0.25, 0.3) is 0 Å². The van der Waals surface area contributed by atoms with Crippen molar-refractivity contribution in [2.24, 2.45) is 5.92 Å². The van der Waals surface area contributed by atoms with Gasteiger partial charge in [0, 0.05) is 18.8 Å². The molecule has 1 unspecified atom stereocenters. The van der Waals surface area contributed by atoms with Gasteiger partial charge in [-0.3, -0.25) is 4.79 Å². The summed E-state index contributed by atoms with van der Waals surface area (Å²) in [5, 5.41) is 0. The number of nitrogens with one attached hydrogen (secondary N) is 2. The molecule has 0 spiro atoms. The number of pyridine rings is 1. The monoisotopic (exact) mass is 276 g/mol. The minimum atomic E-state index is -3.52. The zero-order chi connectivity index (χ0) is 12.9. The van der Waals surface area contributed by atoms with E-state index in [1.165, 1.54) is 18.3 Å². The summed E-state index contributed by atoms with van der Waals surface area (Å²) >= 11 is 1.68. The molecule has 17 heavy (non-hydrogen) atoms. The second kappa shape index (κ2) is 6.23. The van der Waals surface area contributed by atoms with E-state index in [4.69, 9.17) is 0 Å². The Kier molecular flexibility index (Phi) is 5.23. The van der Waals surface area contributed by atoms with Crippen LogP contribution in [0.15, 0.2) is 28.0 Å². The maximum atomic E-state index is 11.8. The molecule has 0 aliphatic carbocycles. The summed E-state index contributed by atoms with van der Waals surface area (Å²) < 4.78 is 26.1. The maximum absolute atomic E-state index is 11.8. The smallest absolute Gasteiger partial charge is 0.247 e. The molecule has 0 aliphatic rings. The van der Waals surface area contributed by atoms with Gasteiger partial charge in [0.15, 0.2) is 0 Å². The lowest BCUT2D eigenvalue weighted by Crippen LogP contribution is -2.29. The fraction of sp³-hybridized carbons (Fsp3) is 0.500. The second-order valence-corrected chi connectivity index (χ2v) is 6.48. The molecule has 0 fully saturated rings. The predicted molar refractivity (Wildman–Crippen MR) is 69.8 cm³/mol. The molecule has 0 saturated heterocycles. The van der Waals surface area contributed by atoms with Crippen LogP contribution in [-0.4, -0.2) is 32.0 Å². The first-order valence-electron chi connectivity index (χ1n) is 5.13. The van der Waals surface area contributed by atoms with E-state index in [-0.39, 0.29) is 16.4 Å². The van der Waals surface area contributed by atoms with E-state index in [1.54, 1.807) is 11.8 Å². The Labute approximate surface area is 105 Å². The largest absolute Gasteiger partial charge is 0.328 e. The lowest BCUT2D eigenvalue weighted by atomic mass is 10.2. The Bertz CT molecular complexity index is 490. The van der Waals surface area contributed by atoms with Crippen LogP contribution in [0.3, 0.4) is 0 Å². The summed E-state index contributed by atoms with van der Waals surface area (Å²) in [6.45, 7) is 2.37. The van der Waals surface area contributed by atoms with Crippen molar-refractivity contribution in [3.63, 3.8) is 0 Å². The van der Waals surface area contributed by atoms with Gasteiger partial charge in [0.1, 0.15) is 0 Å². The minimum absolute atomic E-state index is 0.0773. The highest BCUT2D eigenvalue weighted by molar-refractivity contribution is 7.98. The molecule has 1 heterocycles. The minimum Gasteiger partial charge on any atom is -0.328 e. The Hall–Kier alpha value is -0.790. The molecular formula is C10H16N2O3S2. The van der Waals surface area contributed by atoms with Crippen molar-refractivity contribution in [1.29, 1.82) is 0 Å².